The van der Waals surface area contributed by atoms with Crippen molar-refractivity contribution in [2.75, 3.05) is 19.6 Å². The topological polar surface area (TPSA) is 78.1 Å². The lowest BCUT2D eigenvalue weighted by Crippen LogP contribution is -2.51. The number of amides is 1. The Balaban J connectivity index is 1.86. The molecule has 0 bridgehead atoms. The minimum absolute atomic E-state index is 0.0529. The van der Waals surface area contributed by atoms with Crippen LogP contribution in [0.3, 0.4) is 0 Å². The summed E-state index contributed by atoms with van der Waals surface area (Å²) in [5.41, 5.74) is 0.495. The molecule has 1 amide bonds. The minimum atomic E-state index is -0.163. The Labute approximate surface area is 122 Å². The standard InChI is InChI=1S/C15H18N4O2/c1-2-19(15(21)10-7-16-8-10)9-13-17-12-6-4-3-5-11(12)14(20)18-13/h3-6,10,16H,2,7-9H2,1H3,(H,17,18,20). The van der Waals surface area contributed by atoms with Gasteiger partial charge in [-0.1, -0.05) is 12.1 Å². The Morgan fingerprint density at radius 1 is 1.38 bits per heavy atom. The van der Waals surface area contributed by atoms with Crippen LogP contribution in [-0.2, 0) is 11.3 Å². The average Bonchev–Trinajstić information content (AvgIpc) is 2.43. The van der Waals surface area contributed by atoms with E-state index in [1.165, 1.54) is 0 Å². The van der Waals surface area contributed by atoms with E-state index in [0.29, 0.717) is 29.8 Å². The van der Waals surface area contributed by atoms with Gasteiger partial charge in [-0.3, -0.25) is 9.59 Å². The van der Waals surface area contributed by atoms with Crippen LogP contribution < -0.4 is 10.9 Å². The van der Waals surface area contributed by atoms with Crippen LogP contribution in [0.5, 0.6) is 0 Å². The Hall–Kier alpha value is -2.21. The number of carbonyl (C=O) groups is 1. The predicted octanol–water partition coefficient (Wildman–Crippen LogP) is 0.491. The Morgan fingerprint density at radius 2 is 2.14 bits per heavy atom. The molecule has 0 saturated carbocycles. The van der Waals surface area contributed by atoms with Crippen molar-refractivity contribution >= 4 is 16.8 Å². The summed E-state index contributed by atoms with van der Waals surface area (Å²) < 4.78 is 0. The van der Waals surface area contributed by atoms with E-state index in [9.17, 15) is 9.59 Å². The number of aromatic nitrogens is 2. The molecular weight excluding hydrogens is 268 g/mol. The van der Waals surface area contributed by atoms with Gasteiger partial charge in [0.25, 0.3) is 5.56 Å². The zero-order valence-electron chi connectivity index (χ0n) is 11.9. The molecule has 0 spiro atoms. The third kappa shape index (κ3) is 2.67. The summed E-state index contributed by atoms with van der Waals surface area (Å²) >= 11 is 0. The summed E-state index contributed by atoms with van der Waals surface area (Å²) in [6.07, 6.45) is 0. The molecule has 110 valence electrons. The summed E-state index contributed by atoms with van der Waals surface area (Å²) in [5, 5.41) is 3.67. The van der Waals surface area contributed by atoms with E-state index in [0.717, 1.165) is 13.1 Å². The predicted molar refractivity (Wildman–Crippen MR) is 79.8 cm³/mol. The van der Waals surface area contributed by atoms with Crippen LogP contribution in [0.25, 0.3) is 10.9 Å². The summed E-state index contributed by atoms with van der Waals surface area (Å²) in [6, 6.07) is 7.21. The number of aromatic amines is 1. The number of hydrogen-bond acceptors (Lipinski definition) is 4. The summed E-state index contributed by atoms with van der Waals surface area (Å²) in [4.78, 5) is 33.3. The van der Waals surface area contributed by atoms with Crippen LogP contribution in [0.4, 0.5) is 0 Å². The first kappa shape index (κ1) is 13.8. The maximum Gasteiger partial charge on any atom is 0.258 e. The van der Waals surface area contributed by atoms with E-state index >= 15 is 0 Å². The van der Waals surface area contributed by atoms with E-state index in [-0.39, 0.29) is 17.4 Å². The Kier molecular flexibility index (Phi) is 3.70. The molecule has 1 saturated heterocycles. The normalized spacial score (nSPS) is 14.9. The molecule has 3 rings (SSSR count). The number of H-pyrrole nitrogens is 1. The smallest absolute Gasteiger partial charge is 0.258 e. The van der Waals surface area contributed by atoms with Crippen molar-refractivity contribution in [2.24, 2.45) is 5.92 Å². The van der Waals surface area contributed by atoms with Crippen molar-refractivity contribution in [1.29, 1.82) is 0 Å². The second kappa shape index (κ2) is 5.65. The second-order valence-corrected chi connectivity index (χ2v) is 5.24. The lowest BCUT2D eigenvalue weighted by molar-refractivity contribution is -0.137. The van der Waals surface area contributed by atoms with Crippen LogP contribution in [0.15, 0.2) is 29.1 Å². The fraction of sp³-hybridized carbons (Fsp3) is 0.400. The lowest BCUT2D eigenvalue weighted by Gasteiger charge is -2.31. The molecule has 0 unspecified atom stereocenters. The monoisotopic (exact) mass is 286 g/mol. The molecule has 6 nitrogen and oxygen atoms in total. The molecular formula is C15H18N4O2. The SMILES string of the molecule is CCN(Cc1nc2ccccc2c(=O)[nH]1)C(=O)C1CNC1. The van der Waals surface area contributed by atoms with Gasteiger partial charge in [-0.2, -0.15) is 0 Å². The first-order chi connectivity index (χ1) is 10.2. The molecule has 1 aromatic carbocycles. The quantitative estimate of drug-likeness (QED) is 0.857. The van der Waals surface area contributed by atoms with Gasteiger partial charge in [0, 0.05) is 19.6 Å². The van der Waals surface area contributed by atoms with Crippen molar-refractivity contribution in [1.82, 2.24) is 20.2 Å². The van der Waals surface area contributed by atoms with Crippen molar-refractivity contribution in [3.8, 4) is 0 Å². The lowest BCUT2D eigenvalue weighted by atomic mass is 10.0. The zero-order valence-corrected chi connectivity index (χ0v) is 11.9. The largest absolute Gasteiger partial charge is 0.335 e. The highest BCUT2D eigenvalue weighted by Gasteiger charge is 2.28. The summed E-state index contributed by atoms with van der Waals surface area (Å²) in [7, 11) is 0. The summed E-state index contributed by atoms with van der Waals surface area (Å²) in [5.74, 6) is 0.699. The average molecular weight is 286 g/mol. The highest BCUT2D eigenvalue weighted by Crippen LogP contribution is 2.11. The van der Waals surface area contributed by atoms with Crippen LogP contribution in [0.2, 0.25) is 0 Å². The molecule has 1 aliphatic rings. The fourth-order valence-corrected chi connectivity index (χ4v) is 2.46. The third-order valence-electron chi connectivity index (χ3n) is 3.83. The number of nitrogens with zero attached hydrogens (tertiary/aromatic N) is 2. The number of carbonyl (C=O) groups excluding carboxylic acids is 1. The maximum atomic E-state index is 12.3. The Bertz CT molecular complexity index is 721. The number of nitrogens with one attached hydrogen (secondary N) is 2. The number of rotatable bonds is 4. The van der Waals surface area contributed by atoms with E-state index in [2.05, 4.69) is 15.3 Å². The maximum absolute atomic E-state index is 12.3. The second-order valence-electron chi connectivity index (χ2n) is 5.24. The number of fused-ring (bicyclic) bond motifs is 1. The van der Waals surface area contributed by atoms with Gasteiger partial charge in [0.1, 0.15) is 5.82 Å². The van der Waals surface area contributed by atoms with Gasteiger partial charge in [-0.15, -0.1) is 0 Å². The van der Waals surface area contributed by atoms with Crippen LogP contribution >= 0.6 is 0 Å². The molecule has 0 radical (unpaired) electrons. The van der Waals surface area contributed by atoms with Gasteiger partial charge in [0.05, 0.1) is 23.4 Å². The van der Waals surface area contributed by atoms with E-state index in [4.69, 9.17) is 0 Å². The van der Waals surface area contributed by atoms with Gasteiger partial charge < -0.3 is 15.2 Å². The molecule has 1 aromatic heterocycles. The third-order valence-corrected chi connectivity index (χ3v) is 3.83. The van der Waals surface area contributed by atoms with E-state index < -0.39 is 0 Å². The zero-order chi connectivity index (χ0) is 14.8. The van der Waals surface area contributed by atoms with E-state index in [1.807, 2.05) is 25.1 Å². The first-order valence-electron chi connectivity index (χ1n) is 7.16. The van der Waals surface area contributed by atoms with Gasteiger partial charge >= 0.3 is 0 Å². The molecule has 2 N–H and O–H groups in total. The highest BCUT2D eigenvalue weighted by atomic mass is 16.2. The summed E-state index contributed by atoms with van der Waals surface area (Å²) in [6.45, 7) is 4.34. The van der Waals surface area contributed by atoms with Gasteiger partial charge in [0.2, 0.25) is 5.91 Å². The molecule has 2 aromatic rings. The van der Waals surface area contributed by atoms with Crippen LogP contribution in [0, 0.1) is 5.92 Å². The molecule has 0 aliphatic carbocycles. The minimum Gasteiger partial charge on any atom is -0.335 e. The molecule has 2 heterocycles. The fourth-order valence-electron chi connectivity index (χ4n) is 2.46. The van der Waals surface area contributed by atoms with Crippen LogP contribution in [0.1, 0.15) is 12.7 Å². The van der Waals surface area contributed by atoms with Crippen LogP contribution in [-0.4, -0.2) is 40.4 Å². The Morgan fingerprint density at radius 3 is 2.81 bits per heavy atom. The van der Waals surface area contributed by atoms with Crippen molar-refractivity contribution in [3.63, 3.8) is 0 Å². The first-order valence-corrected chi connectivity index (χ1v) is 7.16. The molecule has 21 heavy (non-hydrogen) atoms. The van der Waals surface area contributed by atoms with E-state index in [1.54, 1.807) is 11.0 Å². The van der Waals surface area contributed by atoms with Crippen molar-refractivity contribution in [3.05, 3.63) is 40.4 Å². The highest BCUT2D eigenvalue weighted by molar-refractivity contribution is 5.80. The molecule has 6 heteroatoms. The van der Waals surface area contributed by atoms with Crippen molar-refractivity contribution in [2.45, 2.75) is 13.5 Å². The molecule has 1 fully saturated rings. The molecule has 0 atom stereocenters. The number of para-hydroxylation sites is 1. The van der Waals surface area contributed by atoms with Gasteiger partial charge in [-0.05, 0) is 19.1 Å². The number of benzene rings is 1. The van der Waals surface area contributed by atoms with Gasteiger partial charge in [0.15, 0.2) is 0 Å². The number of hydrogen-bond donors (Lipinski definition) is 2. The van der Waals surface area contributed by atoms with Gasteiger partial charge in [-0.25, -0.2) is 4.98 Å². The van der Waals surface area contributed by atoms with Crippen molar-refractivity contribution < 1.29 is 4.79 Å². The molecule has 1 aliphatic heterocycles.